The summed E-state index contributed by atoms with van der Waals surface area (Å²) in [5, 5.41) is 2.85. The lowest BCUT2D eigenvalue weighted by Gasteiger charge is -2.20. The monoisotopic (exact) mass is 264 g/mol. The van der Waals surface area contributed by atoms with Gasteiger partial charge in [0.25, 0.3) is 5.91 Å². The van der Waals surface area contributed by atoms with E-state index >= 15 is 0 Å². The van der Waals surface area contributed by atoms with Crippen LogP contribution < -0.4 is 20.5 Å². The summed E-state index contributed by atoms with van der Waals surface area (Å²) in [5.74, 6) is 1.13. The number of hydrogen-bond donors (Lipinski definition) is 2. The van der Waals surface area contributed by atoms with Gasteiger partial charge in [0.15, 0.2) is 17.6 Å². The molecule has 2 rings (SSSR count). The molecule has 0 aliphatic carbocycles. The predicted octanol–water partition coefficient (Wildman–Crippen LogP) is 1.20. The number of nitrogens with two attached hydrogens (primary N) is 1. The number of benzene rings is 1. The van der Waals surface area contributed by atoms with E-state index in [0.29, 0.717) is 31.0 Å². The van der Waals surface area contributed by atoms with Crippen molar-refractivity contribution in [2.45, 2.75) is 31.9 Å². The molecule has 1 aliphatic rings. The maximum atomic E-state index is 11.9. The van der Waals surface area contributed by atoms with Gasteiger partial charge in [-0.25, -0.2) is 0 Å². The van der Waals surface area contributed by atoms with Gasteiger partial charge < -0.3 is 20.5 Å². The third-order valence-corrected chi connectivity index (χ3v) is 3.25. The van der Waals surface area contributed by atoms with Crippen LogP contribution in [-0.4, -0.2) is 25.7 Å². The van der Waals surface area contributed by atoms with Gasteiger partial charge in [-0.1, -0.05) is 12.1 Å². The summed E-state index contributed by atoms with van der Waals surface area (Å²) in [4.78, 5) is 11.9. The second kappa shape index (κ2) is 6.43. The third kappa shape index (κ3) is 3.17. The molecule has 1 unspecified atom stereocenters. The Morgan fingerprint density at radius 3 is 3.00 bits per heavy atom. The first kappa shape index (κ1) is 13.7. The Morgan fingerprint density at radius 2 is 2.26 bits per heavy atom. The first-order valence-electron chi connectivity index (χ1n) is 6.56. The van der Waals surface area contributed by atoms with Crippen LogP contribution >= 0.6 is 0 Å². The molecule has 1 heterocycles. The molecule has 1 atom stereocenters. The topological polar surface area (TPSA) is 73.6 Å². The summed E-state index contributed by atoms with van der Waals surface area (Å²) < 4.78 is 11.2. The van der Waals surface area contributed by atoms with Crippen molar-refractivity contribution in [1.82, 2.24) is 5.32 Å². The molecule has 5 heteroatoms. The standard InChI is InChI=1S/C14H20N2O3/c1-18-11-7-4-5-10(9-15)13(11)19-12-6-2-3-8-16-14(12)17/h4-5,7,12H,2-3,6,8-9,15H2,1H3,(H,16,17). The fourth-order valence-electron chi connectivity index (χ4n) is 2.18. The lowest BCUT2D eigenvalue weighted by Crippen LogP contribution is -2.36. The van der Waals surface area contributed by atoms with E-state index < -0.39 is 6.10 Å². The van der Waals surface area contributed by atoms with E-state index in [0.717, 1.165) is 18.4 Å². The van der Waals surface area contributed by atoms with Gasteiger partial charge in [0, 0.05) is 18.7 Å². The van der Waals surface area contributed by atoms with E-state index in [1.807, 2.05) is 18.2 Å². The summed E-state index contributed by atoms with van der Waals surface area (Å²) in [6.45, 7) is 1.06. The van der Waals surface area contributed by atoms with E-state index in [4.69, 9.17) is 15.2 Å². The van der Waals surface area contributed by atoms with Gasteiger partial charge >= 0.3 is 0 Å². The molecule has 19 heavy (non-hydrogen) atoms. The number of amides is 1. The number of rotatable bonds is 4. The number of methoxy groups -OCH3 is 1. The van der Waals surface area contributed by atoms with E-state index in [-0.39, 0.29) is 5.91 Å². The first-order chi connectivity index (χ1) is 9.26. The largest absolute Gasteiger partial charge is 0.493 e. The van der Waals surface area contributed by atoms with Crippen molar-refractivity contribution in [1.29, 1.82) is 0 Å². The fraction of sp³-hybridized carbons (Fsp3) is 0.500. The van der Waals surface area contributed by atoms with Crippen LogP contribution in [0.15, 0.2) is 18.2 Å². The van der Waals surface area contributed by atoms with Crippen molar-refractivity contribution in [3.05, 3.63) is 23.8 Å². The van der Waals surface area contributed by atoms with Gasteiger partial charge in [-0.05, 0) is 25.3 Å². The number of hydrogen-bond acceptors (Lipinski definition) is 4. The molecule has 5 nitrogen and oxygen atoms in total. The Labute approximate surface area is 113 Å². The molecule has 0 aromatic heterocycles. The Balaban J connectivity index is 2.23. The minimum atomic E-state index is -0.468. The molecule has 3 N–H and O–H groups in total. The molecular weight excluding hydrogens is 244 g/mol. The van der Waals surface area contributed by atoms with Crippen molar-refractivity contribution < 1.29 is 14.3 Å². The van der Waals surface area contributed by atoms with Crippen molar-refractivity contribution in [2.24, 2.45) is 5.73 Å². The molecule has 1 aliphatic heterocycles. The highest BCUT2D eigenvalue weighted by Gasteiger charge is 2.24. The summed E-state index contributed by atoms with van der Waals surface area (Å²) in [7, 11) is 1.58. The Morgan fingerprint density at radius 1 is 1.42 bits per heavy atom. The molecule has 1 amide bonds. The van der Waals surface area contributed by atoms with Crippen LogP contribution in [0.2, 0.25) is 0 Å². The van der Waals surface area contributed by atoms with E-state index in [1.165, 1.54) is 0 Å². The fourth-order valence-corrected chi connectivity index (χ4v) is 2.18. The minimum absolute atomic E-state index is 0.0635. The number of nitrogens with one attached hydrogen (secondary N) is 1. The molecule has 1 saturated heterocycles. The highest BCUT2D eigenvalue weighted by atomic mass is 16.5. The van der Waals surface area contributed by atoms with Crippen LogP contribution in [-0.2, 0) is 11.3 Å². The van der Waals surface area contributed by atoms with Gasteiger partial charge in [-0.15, -0.1) is 0 Å². The maximum Gasteiger partial charge on any atom is 0.261 e. The third-order valence-electron chi connectivity index (χ3n) is 3.25. The average Bonchev–Trinajstić information content (AvgIpc) is 2.64. The lowest BCUT2D eigenvalue weighted by atomic mass is 10.1. The van der Waals surface area contributed by atoms with Gasteiger partial charge in [0.05, 0.1) is 7.11 Å². The summed E-state index contributed by atoms with van der Waals surface area (Å²) >= 11 is 0. The van der Waals surface area contributed by atoms with Crippen molar-refractivity contribution in [2.75, 3.05) is 13.7 Å². The van der Waals surface area contributed by atoms with Crippen molar-refractivity contribution in [3.8, 4) is 11.5 Å². The Kier molecular flexibility index (Phi) is 4.63. The first-order valence-corrected chi connectivity index (χ1v) is 6.56. The lowest BCUT2D eigenvalue weighted by molar-refractivity contribution is -0.127. The SMILES string of the molecule is COc1cccc(CN)c1OC1CCCCNC1=O. The van der Waals surface area contributed by atoms with Crippen LogP contribution in [0.4, 0.5) is 0 Å². The van der Waals surface area contributed by atoms with Crippen LogP contribution in [0.3, 0.4) is 0 Å². The van der Waals surface area contributed by atoms with Gasteiger partial charge in [0.2, 0.25) is 0 Å². The number of ether oxygens (including phenoxy) is 2. The van der Waals surface area contributed by atoms with Crippen molar-refractivity contribution >= 4 is 5.91 Å². The molecule has 0 bridgehead atoms. The second-order valence-electron chi connectivity index (χ2n) is 4.55. The Bertz CT molecular complexity index is 426. The van der Waals surface area contributed by atoms with Gasteiger partial charge in [-0.3, -0.25) is 4.79 Å². The zero-order valence-corrected chi connectivity index (χ0v) is 11.1. The van der Waals surface area contributed by atoms with E-state index in [1.54, 1.807) is 7.11 Å². The van der Waals surface area contributed by atoms with E-state index in [2.05, 4.69) is 5.32 Å². The molecule has 1 aromatic rings. The smallest absolute Gasteiger partial charge is 0.261 e. The second-order valence-corrected chi connectivity index (χ2v) is 4.55. The summed E-state index contributed by atoms with van der Waals surface area (Å²) in [6, 6.07) is 5.55. The van der Waals surface area contributed by atoms with Crippen LogP contribution in [0.1, 0.15) is 24.8 Å². The zero-order chi connectivity index (χ0) is 13.7. The molecular formula is C14H20N2O3. The maximum absolute atomic E-state index is 11.9. The van der Waals surface area contributed by atoms with Crippen LogP contribution in [0.5, 0.6) is 11.5 Å². The van der Waals surface area contributed by atoms with Crippen LogP contribution in [0.25, 0.3) is 0 Å². The van der Waals surface area contributed by atoms with Crippen LogP contribution in [0, 0.1) is 0 Å². The zero-order valence-electron chi connectivity index (χ0n) is 11.1. The molecule has 1 fully saturated rings. The number of para-hydroxylation sites is 1. The molecule has 0 radical (unpaired) electrons. The normalized spacial score (nSPS) is 19.5. The molecule has 104 valence electrons. The van der Waals surface area contributed by atoms with Gasteiger partial charge in [0.1, 0.15) is 0 Å². The van der Waals surface area contributed by atoms with Crippen molar-refractivity contribution in [3.63, 3.8) is 0 Å². The summed E-state index contributed by atoms with van der Waals surface area (Å²) in [5.41, 5.74) is 6.55. The number of carbonyl (C=O) groups is 1. The predicted molar refractivity (Wildman–Crippen MR) is 72.2 cm³/mol. The van der Waals surface area contributed by atoms with E-state index in [9.17, 15) is 4.79 Å². The minimum Gasteiger partial charge on any atom is -0.493 e. The highest BCUT2D eigenvalue weighted by Crippen LogP contribution is 2.32. The Hall–Kier alpha value is -1.75. The quantitative estimate of drug-likeness (QED) is 0.857. The highest BCUT2D eigenvalue weighted by molar-refractivity contribution is 5.81. The summed E-state index contributed by atoms with van der Waals surface area (Å²) in [6.07, 6.45) is 2.20. The molecule has 0 saturated carbocycles. The van der Waals surface area contributed by atoms with Gasteiger partial charge in [-0.2, -0.15) is 0 Å². The molecule has 0 spiro atoms. The number of carbonyl (C=O) groups excluding carboxylic acids is 1. The molecule has 1 aromatic carbocycles. The average molecular weight is 264 g/mol.